The maximum absolute atomic E-state index is 13.9. The number of amides is 2. The number of carbonyl (C=O) groups is 2. The van der Waals surface area contributed by atoms with E-state index >= 15 is 0 Å². The van der Waals surface area contributed by atoms with Gasteiger partial charge < -0.3 is 15.2 Å². The van der Waals surface area contributed by atoms with Crippen molar-refractivity contribution in [2.45, 2.75) is 51.7 Å². The molecule has 2 heterocycles. The van der Waals surface area contributed by atoms with Crippen molar-refractivity contribution in [3.05, 3.63) is 59.4 Å². The number of benzene rings is 1. The van der Waals surface area contributed by atoms with Crippen molar-refractivity contribution in [3.63, 3.8) is 0 Å². The molecule has 2 aromatic heterocycles. The average Bonchev–Trinajstić information content (AvgIpc) is 3.52. The van der Waals surface area contributed by atoms with Gasteiger partial charge in [-0.15, -0.1) is 0 Å². The Labute approximate surface area is 199 Å². The Balaban J connectivity index is 1.53. The Kier molecular flexibility index (Phi) is 6.35. The predicted octanol–water partition coefficient (Wildman–Crippen LogP) is 4.73. The van der Waals surface area contributed by atoms with Gasteiger partial charge in [-0.3, -0.25) is 9.59 Å². The molecule has 1 fully saturated rings. The van der Waals surface area contributed by atoms with Crippen LogP contribution in [0.15, 0.2) is 41.1 Å². The molecule has 0 spiro atoms. The number of anilines is 1. The van der Waals surface area contributed by atoms with Crippen molar-refractivity contribution in [3.8, 4) is 11.1 Å². The molecular formula is C24H24F3N5O3. The van der Waals surface area contributed by atoms with E-state index in [-0.39, 0.29) is 35.6 Å². The Hall–Kier alpha value is -3.76. The molecule has 8 nitrogen and oxygen atoms in total. The number of hydrogen-bond donors (Lipinski definition) is 2. The van der Waals surface area contributed by atoms with E-state index in [1.807, 2.05) is 20.8 Å². The second-order valence-electron chi connectivity index (χ2n) is 9.42. The highest BCUT2D eigenvalue weighted by molar-refractivity contribution is 5.93. The Morgan fingerprint density at radius 2 is 1.80 bits per heavy atom. The standard InChI is InChI=1S/C24H24F3N5O3/c1-23(2,3)22-31-21(35-32-22)20(34)29-12-16-7-6-14(10-17(16)24(25,26)27)15-8-9-28-18(11-15)30-19(33)13-4-5-13/h6-11,13H,4-5,12H2,1-3H3,(H,29,34)(H,28,30,33). The first-order chi connectivity index (χ1) is 16.4. The summed E-state index contributed by atoms with van der Waals surface area (Å²) in [4.78, 5) is 32.4. The average molecular weight is 487 g/mol. The van der Waals surface area contributed by atoms with Crippen molar-refractivity contribution < 1.29 is 27.3 Å². The SMILES string of the molecule is CC(C)(C)c1noc(C(=O)NCc2ccc(-c3ccnc(NC(=O)C4CC4)c3)cc2C(F)(F)F)n1. The van der Waals surface area contributed by atoms with Gasteiger partial charge in [0.2, 0.25) is 5.91 Å². The maximum atomic E-state index is 13.9. The zero-order chi connectivity index (χ0) is 25.4. The highest BCUT2D eigenvalue weighted by Crippen LogP contribution is 2.36. The molecule has 1 saturated carbocycles. The number of rotatable bonds is 6. The largest absolute Gasteiger partial charge is 0.416 e. The molecule has 2 N–H and O–H groups in total. The van der Waals surface area contributed by atoms with Crippen LogP contribution < -0.4 is 10.6 Å². The van der Waals surface area contributed by atoms with Crippen LogP contribution in [0.4, 0.5) is 19.0 Å². The van der Waals surface area contributed by atoms with Crippen LogP contribution in [-0.2, 0) is 22.9 Å². The zero-order valence-corrected chi connectivity index (χ0v) is 19.4. The molecule has 1 aliphatic rings. The van der Waals surface area contributed by atoms with Gasteiger partial charge in [0.05, 0.1) is 5.56 Å². The summed E-state index contributed by atoms with van der Waals surface area (Å²) in [5.41, 5.74) is -0.705. The van der Waals surface area contributed by atoms with Crippen LogP contribution in [0.2, 0.25) is 0 Å². The van der Waals surface area contributed by atoms with E-state index < -0.39 is 23.1 Å². The molecule has 2 amide bonds. The molecule has 0 radical (unpaired) electrons. The lowest BCUT2D eigenvalue weighted by atomic mass is 9.96. The van der Waals surface area contributed by atoms with Gasteiger partial charge in [-0.1, -0.05) is 38.1 Å². The molecule has 11 heteroatoms. The van der Waals surface area contributed by atoms with Crippen molar-refractivity contribution >= 4 is 17.6 Å². The topological polar surface area (TPSA) is 110 Å². The quantitative estimate of drug-likeness (QED) is 0.520. The first-order valence-electron chi connectivity index (χ1n) is 11.0. The van der Waals surface area contributed by atoms with Gasteiger partial charge >= 0.3 is 18.0 Å². The second kappa shape index (κ2) is 9.12. The monoisotopic (exact) mass is 487 g/mol. The summed E-state index contributed by atoms with van der Waals surface area (Å²) >= 11 is 0. The normalized spacial score (nSPS) is 14.0. The summed E-state index contributed by atoms with van der Waals surface area (Å²) in [7, 11) is 0. The number of halogens is 3. The minimum Gasteiger partial charge on any atom is -0.344 e. The molecule has 3 aromatic rings. The maximum Gasteiger partial charge on any atom is 0.416 e. The molecule has 0 unspecified atom stereocenters. The first-order valence-corrected chi connectivity index (χ1v) is 11.0. The molecule has 0 saturated heterocycles. The molecule has 4 rings (SSSR count). The Bertz CT molecular complexity index is 1260. The first kappa shape index (κ1) is 24.4. The minimum absolute atomic E-state index is 0.0287. The highest BCUT2D eigenvalue weighted by Gasteiger charge is 2.34. The van der Waals surface area contributed by atoms with Gasteiger partial charge in [-0.05, 0) is 47.7 Å². The molecule has 0 atom stereocenters. The third kappa shape index (κ3) is 5.84. The smallest absolute Gasteiger partial charge is 0.344 e. The summed E-state index contributed by atoms with van der Waals surface area (Å²) in [6.45, 7) is 5.12. The Morgan fingerprint density at radius 3 is 2.43 bits per heavy atom. The molecule has 0 aliphatic heterocycles. The molecule has 35 heavy (non-hydrogen) atoms. The molecule has 184 valence electrons. The lowest BCUT2D eigenvalue weighted by Gasteiger charge is -2.15. The predicted molar refractivity (Wildman–Crippen MR) is 120 cm³/mol. The minimum atomic E-state index is -4.66. The van der Waals surface area contributed by atoms with Crippen LogP contribution in [0, 0.1) is 5.92 Å². The summed E-state index contributed by atoms with van der Waals surface area (Å²) < 4.78 is 46.5. The Morgan fingerprint density at radius 1 is 1.09 bits per heavy atom. The van der Waals surface area contributed by atoms with E-state index in [1.165, 1.54) is 24.4 Å². The fourth-order valence-electron chi connectivity index (χ4n) is 3.30. The number of nitrogens with zero attached hydrogens (tertiary/aromatic N) is 3. The van der Waals surface area contributed by atoms with Crippen molar-refractivity contribution in [2.24, 2.45) is 5.92 Å². The van der Waals surface area contributed by atoms with E-state index in [0.717, 1.165) is 18.9 Å². The van der Waals surface area contributed by atoms with E-state index in [0.29, 0.717) is 17.0 Å². The summed E-state index contributed by atoms with van der Waals surface area (Å²) in [6.07, 6.45) is -1.59. The second-order valence-corrected chi connectivity index (χ2v) is 9.42. The lowest BCUT2D eigenvalue weighted by Crippen LogP contribution is -2.25. The fourth-order valence-corrected chi connectivity index (χ4v) is 3.30. The molecular weight excluding hydrogens is 463 g/mol. The number of hydrogen-bond acceptors (Lipinski definition) is 6. The number of alkyl halides is 3. The molecule has 1 aliphatic carbocycles. The summed E-state index contributed by atoms with van der Waals surface area (Å²) in [5, 5.41) is 8.84. The van der Waals surface area contributed by atoms with Crippen LogP contribution in [0.5, 0.6) is 0 Å². The van der Waals surface area contributed by atoms with Crippen LogP contribution in [-0.4, -0.2) is 26.9 Å². The third-order valence-electron chi connectivity index (χ3n) is 5.44. The number of pyridine rings is 1. The van der Waals surface area contributed by atoms with Crippen molar-refractivity contribution in [2.75, 3.05) is 5.32 Å². The van der Waals surface area contributed by atoms with E-state index in [9.17, 15) is 22.8 Å². The third-order valence-corrected chi connectivity index (χ3v) is 5.44. The van der Waals surface area contributed by atoms with Crippen LogP contribution >= 0.6 is 0 Å². The van der Waals surface area contributed by atoms with Gasteiger partial charge in [-0.2, -0.15) is 18.2 Å². The van der Waals surface area contributed by atoms with E-state index in [4.69, 9.17) is 4.52 Å². The van der Waals surface area contributed by atoms with Crippen molar-refractivity contribution in [1.82, 2.24) is 20.4 Å². The lowest BCUT2D eigenvalue weighted by molar-refractivity contribution is -0.138. The highest BCUT2D eigenvalue weighted by atomic mass is 19.4. The van der Waals surface area contributed by atoms with Gasteiger partial charge in [0.25, 0.3) is 0 Å². The number of nitrogens with one attached hydrogen (secondary N) is 2. The van der Waals surface area contributed by atoms with Crippen LogP contribution in [0.1, 0.15) is 61.2 Å². The zero-order valence-electron chi connectivity index (χ0n) is 19.4. The number of carbonyl (C=O) groups excluding carboxylic acids is 2. The van der Waals surface area contributed by atoms with Gasteiger partial charge in [0.1, 0.15) is 5.82 Å². The van der Waals surface area contributed by atoms with E-state index in [1.54, 1.807) is 6.07 Å². The van der Waals surface area contributed by atoms with E-state index in [2.05, 4.69) is 25.8 Å². The fraction of sp³-hybridized carbons (Fsp3) is 0.375. The molecule has 1 aromatic carbocycles. The van der Waals surface area contributed by atoms with Gasteiger partial charge in [-0.25, -0.2) is 4.98 Å². The number of aromatic nitrogens is 3. The van der Waals surface area contributed by atoms with Crippen LogP contribution in [0.3, 0.4) is 0 Å². The van der Waals surface area contributed by atoms with Gasteiger partial charge in [0, 0.05) is 24.1 Å². The van der Waals surface area contributed by atoms with Gasteiger partial charge in [0.15, 0.2) is 5.82 Å². The summed E-state index contributed by atoms with van der Waals surface area (Å²) in [5.74, 6) is -0.675. The molecule has 0 bridgehead atoms. The van der Waals surface area contributed by atoms with Crippen LogP contribution in [0.25, 0.3) is 11.1 Å². The van der Waals surface area contributed by atoms with Crippen molar-refractivity contribution in [1.29, 1.82) is 0 Å². The summed E-state index contributed by atoms with van der Waals surface area (Å²) in [6, 6.07) is 6.91.